The van der Waals surface area contributed by atoms with Crippen LogP contribution in [0.3, 0.4) is 0 Å². The Morgan fingerprint density at radius 2 is 2.32 bits per heavy atom. The zero-order valence-electron chi connectivity index (χ0n) is 11.2. The first-order chi connectivity index (χ1) is 9.08. The Labute approximate surface area is 112 Å². The summed E-state index contributed by atoms with van der Waals surface area (Å²) in [4.78, 5) is 23.4. The van der Waals surface area contributed by atoms with Gasteiger partial charge in [-0.2, -0.15) is 10.4 Å². The molecule has 6 heteroatoms. The van der Waals surface area contributed by atoms with E-state index in [4.69, 9.17) is 5.26 Å². The number of carbonyl (C=O) groups excluding carboxylic acids is 2. The van der Waals surface area contributed by atoms with Gasteiger partial charge in [0.05, 0.1) is 12.3 Å². The van der Waals surface area contributed by atoms with Crippen molar-refractivity contribution in [3.05, 3.63) is 18.0 Å². The van der Waals surface area contributed by atoms with E-state index < -0.39 is 11.8 Å². The van der Waals surface area contributed by atoms with Crippen molar-refractivity contribution in [1.29, 1.82) is 5.26 Å². The maximum atomic E-state index is 11.8. The average molecular weight is 262 g/mol. The van der Waals surface area contributed by atoms with Crippen LogP contribution >= 0.6 is 0 Å². The van der Waals surface area contributed by atoms with E-state index in [0.717, 1.165) is 12.0 Å². The normalized spacial score (nSPS) is 11.6. The monoisotopic (exact) mass is 262 g/mol. The summed E-state index contributed by atoms with van der Waals surface area (Å²) < 4.78 is 1.63. The second kappa shape index (κ2) is 7.31. The molecule has 0 aromatic carbocycles. The molecule has 1 heterocycles. The molecule has 6 nitrogen and oxygen atoms in total. The fraction of sp³-hybridized carbons (Fsp3) is 0.538. The van der Waals surface area contributed by atoms with Crippen LogP contribution in [-0.4, -0.2) is 28.0 Å². The van der Waals surface area contributed by atoms with Crippen LogP contribution in [0.15, 0.2) is 12.4 Å². The Balaban J connectivity index is 2.50. The first-order valence-electron chi connectivity index (χ1n) is 6.27. The zero-order valence-corrected chi connectivity index (χ0v) is 11.2. The zero-order chi connectivity index (χ0) is 14.3. The van der Waals surface area contributed by atoms with Gasteiger partial charge in [0.2, 0.25) is 5.91 Å². The van der Waals surface area contributed by atoms with Crippen molar-refractivity contribution in [1.82, 2.24) is 15.1 Å². The van der Waals surface area contributed by atoms with Crippen molar-refractivity contribution in [2.75, 3.05) is 6.54 Å². The van der Waals surface area contributed by atoms with Gasteiger partial charge >= 0.3 is 0 Å². The van der Waals surface area contributed by atoms with Gasteiger partial charge in [-0.25, -0.2) is 0 Å². The van der Waals surface area contributed by atoms with E-state index in [0.29, 0.717) is 13.1 Å². The van der Waals surface area contributed by atoms with Crippen LogP contribution in [0.1, 0.15) is 25.3 Å². The van der Waals surface area contributed by atoms with E-state index in [9.17, 15) is 9.59 Å². The number of nitriles is 1. The van der Waals surface area contributed by atoms with Gasteiger partial charge in [-0.15, -0.1) is 0 Å². The highest BCUT2D eigenvalue weighted by molar-refractivity contribution is 6.03. The van der Waals surface area contributed by atoms with Crippen molar-refractivity contribution < 1.29 is 9.59 Å². The SMILES string of the molecule is CCCNC(=O)C(C#N)C(=O)CCn1cc(C)cn1. The fourth-order valence-corrected chi connectivity index (χ4v) is 1.59. The van der Waals surface area contributed by atoms with E-state index in [2.05, 4.69) is 10.4 Å². The number of aromatic nitrogens is 2. The minimum absolute atomic E-state index is 0.124. The molecule has 0 aliphatic heterocycles. The van der Waals surface area contributed by atoms with Crippen LogP contribution in [-0.2, 0) is 16.1 Å². The molecule has 1 rings (SSSR count). The summed E-state index contributed by atoms with van der Waals surface area (Å²) in [6.45, 7) is 4.67. The van der Waals surface area contributed by atoms with Crippen molar-refractivity contribution in [3.63, 3.8) is 0 Å². The van der Waals surface area contributed by atoms with Gasteiger partial charge in [0.25, 0.3) is 0 Å². The Bertz CT molecular complexity index is 487. The van der Waals surface area contributed by atoms with Gasteiger partial charge < -0.3 is 5.32 Å². The quantitative estimate of drug-likeness (QED) is 0.737. The van der Waals surface area contributed by atoms with E-state index in [1.807, 2.05) is 20.0 Å². The second-order valence-electron chi connectivity index (χ2n) is 4.35. The number of nitrogens with zero attached hydrogens (tertiary/aromatic N) is 3. The highest BCUT2D eigenvalue weighted by atomic mass is 16.2. The number of hydrogen-bond donors (Lipinski definition) is 1. The third-order valence-corrected chi connectivity index (χ3v) is 2.61. The van der Waals surface area contributed by atoms with Crippen LogP contribution in [0.4, 0.5) is 0 Å². The smallest absolute Gasteiger partial charge is 0.244 e. The summed E-state index contributed by atoms with van der Waals surface area (Å²) in [6.07, 6.45) is 4.40. The Morgan fingerprint density at radius 1 is 1.58 bits per heavy atom. The molecule has 1 atom stereocenters. The molecular weight excluding hydrogens is 244 g/mol. The predicted molar refractivity (Wildman–Crippen MR) is 69.0 cm³/mol. The predicted octanol–water partition coefficient (Wildman–Crippen LogP) is 0.817. The lowest BCUT2D eigenvalue weighted by molar-refractivity contribution is -0.131. The van der Waals surface area contributed by atoms with E-state index in [-0.39, 0.29) is 12.2 Å². The molecule has 0 saturated carbocycles. The van der Waals surface area contributed by atoms with Crippen LogP contribution < -0.4 is 5.32 Å². The Hall–Kier alpha value is -2.16. The number of aryl methyl sites for hydroxylation is 2. The highest BCUT2D eigenvalue weighted by Crippen LogP contribution is 2.04. The largest absolute Gasteiger partial charge is 0.355 e. The summed E-state index contributed by atoms with van der Waals surface area (Å²) in [6, 6.07) is 1.76. The third-order valence-electron chi connectivity index (χ3n) is 2.61. The molecule has 1 unspecified atom stereocenters. The summed E-state index contributed by atoms with van der Waals surface area (Å²) in [5, 5.41) is 15.5. The van der Waals surface area contributed by atoms with Crippen molar-refractivity contribution >= 4 is 11.7 Å². The lowest BCUT2D eigenvalue weighted by atomic mass is 10.0. The molecule has 19 heavy (non-hydrogen) atoms. The lowest BCUT2D eigenvalue weighted by Crippen LogP contribution is -2.35. The fourth-order valence-electron chi connectivity index (χ4n) is 1.59. The number of Topliss-reactive ketones (excluding diaryl/α,β-unsaturated/α-hetero) is 1. The summed E-state index contributed by atoms with van der Waals surface area (Å²) in [7, 11) is 0. The molecule has 0 spiro atoms. The van der Waals surface area contributed by atoms with E-state index in [1.54, 1.807) is 16.9 Å². The molecular formula is C13H18N4O2. The number of carbonyl (C=O) groups is 2. The molecule has 0 radical (unpaired) electrons. The van der Waals surface area contributed by atoms with E-state index >= 15 is 0 Å². The molecule has 102 valence electrons. The Morgan fingerprint density at radius 3 is 2.84 bits per heavy atom. The molecule has 0 saturated heterocycles. The van der Waals surface area contributed by atoms with Gasteiger partial charge in [-0.1, -0.05) is 6.92 Å². The maximum Gasteiger partial charge on any atom is 0.244 e. The maximum absolute atomic E-state index is 11.8. The van der Waals surface area contributed by atoms with Crippen LogP contribution in [0.5, 0.6) is 0 Å². The van der Waals surface area contributed by atoms with Gasteiger partial charge in [-0.05, 0) is 18.9 Å². The molecule has 1 aromatic rings. The topological polar surface area (TPSA) is 87.8 Å². The third kappa shape index (κ3) is 4.54. The second-order valence-corrected chi connectivity index (χ2v) is 4.35. The molecule has 0 aliphatic carbocycles. The Kier molecular flexibility index (Phi) is 5.73. The van der Waals surface area contributed by atoms with Gasteiger partial charge in [0.15, 0.2) is 11.7 Å². The van der Waals surface area contributed by atoms with Gasteiger partial charge in [0.1, 0.15) is 0 Å². The number of hydrogen-bond acceptors (Lipinski definition) is 4. The summed E-state index contributed by atoms with van der Waals surface area (Å²) in [5.41, 5.74) is 1.00. The summed E-state index contributed by atoms with van der Waals surface area (Å²) >= 11 is 0. The van der Waals surface area contributed by atoms with Crippen molar-refractivity contribution in [3.8, 4) is 6.07 Å². The molecule has 0 aliphatic rings. The van der Waals surface area contributed by atoms with Crippen molar-refractivity contribution in [2.45, 2.75) is 33.2 Å². The standard InChI is InChI=1S/C13H18N4O2/c1-3-5-15-13(19)11(7-14)12(18)4-6-17-9-10(2)8-16-17/h8-9,11H,3-6H2,1-2H3,(H,15,19). The lowest BCUT2D eigenvalue weighted by Gasteiger charge is -2.08. The van der Waals surface area contributed by atoms with E-state index in [1.165, 1.54) is 0 Å². The van der Waals surface area contributed by atoms with Crippen LogP contribution in [0, 0.1) is 24.2 Å². The molecule has 0 fully saturated rings. The molecule has 1 aromatic heterocycles. The minimum Gasteiger partial charge on any atom is -0.355 e. The van der Waals surface area contributed by atoms with Crippen LogP contribution in [0.25, 0.3) is 0 Å². The number of ketones is 1. The minimum atomic E-state index is -1.22. The molecule has 1 N–H and O–H groups in total. The van der Waals surface area contributed by atoms with Crippen molar-refractivity contribution in [2.24, 2.45) is 5.92 Å². The van der Waals surface area contributed by atoms with Gasteiger partial charge in [0, 0.05) is 25.7 Å². The number of nitrogens with one attached hydrogen (secondary N) is 1. The average Bonchev–Trinajstić information content (AvgIpc) is 2.80. The summed E-state index contributed by atoms with van der Waals surface area (Å²) in [5.74, 6) is -2.10. The van der Waals surface area contributed by atoms with Crippen LogP contribution in [0.2, 0.25) is 0 Å². The first kappa shape index (κ1) is 14.9. The number of amides is 1. The highest BCUT2D eigenvalue weighted by Gasteiger charge is 2.25. The number of rotatable bonds is 7. The first-order valence-corrected chi connectivity index (χ1v) is 6.27. The molecule has 0 bridgehead atoms. The molecule has 1 amide bonds. The van der Waals surface area contributed by atoms with Gasteiger partial charge in [-0.3, -0.25) is 14.3 Å².